The number of hydrogen-bond donors (Lipinski definition) is 2. The summed E-state index contributed by atoms with van der Waals surface area (Å²) in [7, 11) is 1.80. The van der Waals surface area contributed by atoms with Gasteiger partial charge in [0.1, 0.15) is 11.6 Å². The zero-order valence-electron chi connectivity index (χ0n) is 22.3. The second-order valence-corrected chi connectivity index (χ2v) is 10.1. The third-order valence-corrected chi connectivity index (χ3v) is 7.72. The number of carbonyl (C=O) groups is 2. The number of hydrogen-bond acceptors (Lipinski definition) is 3. The molecule has 3 heterocycles. The van der Waals surface area contributed by atoms with Crippen LogP contribution in [0.5, 0.6) is 0 Å². The molecule has 2 aromatic carbocycles. The maximum absolute atomic E-state index is 13.5. The molecule has 2 N–H and O–H groups in total. The van der Waals surface area contributed by atoms with Gasteiger partial charge in [-0.25, -0.2) is 18.2 Å². The summed E-state index contributed by atoms with van der Waals surface area (Å²) in [5.41, 5.74) is 4.68. The van der Waals surface area contributed by atoms with Crippen molar-refractivity contribution >= 4 is 17.6 Å². The number of nitrogens with one attached hydrogen (secondary N) is 2. The first-order valence-corrected chi connectivity index (χ1v) is 13.0. The molecule has 4 aromatic rings. The van der Waals surface area contributed by atoms with Gasteiger partial charge in [-0.15, -0.1) is 0 Å². The third-order valence-electron chi connectivity index (χ3n) is 7.72. The van der Waals surface area contributed by atoms with Crippen molar-refractivity contribution in [2.45, 2.75) is 44.6 Å². The van der Waals surface area contributed by atoms with Gasteiger partial charge in [0, 0.05) is 48.4 Å². The Labute approximate surface area is 230 Å². The molecule has 40 heavy (non-hydrogen) atoms. The standard InChI is InChI=1S/C31H29F3N4O2/c1-17-18(2)38(3)31(40)27-26(20-7-5-4-6-8-20)29(37-28(17)27)21-13-14-35-25(15-21)36-30(39)23(16-24(33)34)19-9-11-22(32)12-10-19/h4-15,17-18,23-24,37H,16H2,1-3H3,(H,35,36,39). The van der Waals surface area contributed by atoms with E-state index in [4.69, 9.17) is 0 Å². The highest BCUT2D eigenvalue weighted by molar-refractivity contribution is 6.07. The summed E-state index contributed by atoms with van der Waals surface area (Å²) < 4.78 is 40.1. The number of pyridine rings is 1. The molecule has 0 radical (unpaired) electrons. The van der Waals surface area contributed by atoms with Crippen LogP contribution < -0.4 is 5.32 Å². The lowest BCUT2D eigenvalue weighted by Crippen LogP contribution is -2.43. The molecule has 9 heteroatoms. The van der Waals surface area contributed by atoms with Crippen LogP contribution in [-0.4, -0.2) is 46.2 Å². The van der Waals surface area contributed by atoms with Crippen LogP contribution in [0, 0.1) is 5.82 Å². The fourth-order valence-electron chi connectivity index (χ4n) is 5.27. The predicted molar refractivity (Wildman–Crippen MR) is 148 cm³/mol. The molecule has 206 valence electrons. The molecule has 2 aromatic heterocycles. The van der Waals surface area contributed by atoms with Gasteiger partial charge in [0.15, 0.2) is 0 Å². The maximum atomic E-state index is 13.5. The van der Waals surface area contributed by atoms with Crippen LogP contribution in [0.3, 0.4) is 0 Å². The Morgan fingerprint density at radius 1 is 1.02 bits per heavy atom. The monoisotopic (exact) mass is 546 g/mol. The van der Waals surface area contributed by atoms with Gasteiger partial charge in [0.2, 0.25) is 12.3 Å². The average Bonchev–Trinajstić information content (AvgIpc) is 3.36. The fraction of sp³-hybridized carbons (Fsp3) is 0.258. The Bertz CT molecular complexity index is 1540. The first kappa shape index (κ1) is 27.2. The van der Waals surface area contributed by atoms with E-state index >= 15 is 0 Å². The molecule has 0 saturated heterocycles. The van der Waals surface area contributed by atoms with Crippen LogP contribution in [-0.2, 0) is 4.79 Å². The minimum atomic E-state index is -2.74. The van der Waals surface area contributed by atoms with E-state index in [0.29, 0.717) is 16.8 Å². The van der Waals surface area contributed by atoms with Gasteiger partial charge in [0.05, 0.1) is 17.2 Å². The molecule has 5 rings (SSSR count). The summed E-state index contributed by atoms with van der Waals surface area (Å²) in [5, 5.41) is 2.66. The number of amides is 2. The van der Waals surface area contributed by atoms with E-state index in [2.05, 4.69) is 22.2 Å². The number of aromatic amines is 1. The molecule has 0 spiro atoms. The minimum Gasteiger partial charge on any atom is -0.357 e. The Morgan fingerprint density at radius 3 is 2.40 bits per heavy atom. The number of H-pyrrole nitrogens is 1. The smallest absolute Gasteiger partial charge is 0.256 e. The topological polar surface area (TPSA) is 78.1 Å². The summed E-state index contributed by atoms with van der Waals surface area (Å²) in [4.78, 5) is 36.1. The number of aromatic nitrogens is 2. The lowest BCUT2D eigenvalue weighted by molar-refractivity contribution is -0.118. The van der Waals surface area contributed by atoms with E-state index in [1.165, 1.54) is 18.3 Å². The fourth-order valence-corrected chi connectivity index (χ4v) is 5.27. The second-order valence-electron chi connectivity index (χ2n) is 10.1. The van der Waals surface area contributed by atoms with Crippen molar-refractivity contribution in [3.8, 4) is 22.4 Å². The van der Waals surface area contributed by atoms with Crippen LogP contribution in [0.2, 0.25) is 0 Å². The van der Waals surface area contributed by atoms with E-state index in [1.54, 1.807) is 24.1 Å². The average molecular weight is 547 g/mol. The summed E-state index contributed by atoms with van der Waals surface area (Å²) in [6.45, 7) is 4.07. The van der Waals surface area contributed by atoms with Crippen molar-refractivity contribution < 1.29 is 22.8 Å². The molecule has 6 nitrogen and oxygen atoms in total. The molecule has 2 amide bonds. The van der Waals surface area contributed by atoms with E-state index in [-0.39, 0.29) is 29.2 Å². The number of fused-ring (bicyclic) bond motifs is 1. The van der Waals surface area contributed by atoms with E-state index in [0.717, 1.165) is 29.0 Å². The molecule has 1 aliphatic heterocycles. The van der Waals surface area contributed by atoms with Crippen LogP contribution >= 0.6 is 0 Å². The maximum Gasteiger partial charge on any atom is 0.256 e. The van der Waals surface area contributed by atoms with E-state index in [9.17, 15) is 22.8 Å². The molecule has 0 saturated carbocycles. The van der Waals surface area contributed by atoms with Gasteiger partial charge in [-0.05, 0) is 42.3 Å². The van der Waals surface area contributed by atoms with Crippen molar-refractivity contribution in [2.75, 3.05) is 12.4 Å². The van der Waals surface area contributed by atoms with Crippen LogP contribution in [0.1, 0.15) is 53.7 Å². The molecule has 0 aliphatic carbocycles. The third kappa shape index (κ3) is 5.11. The summed E-state index contributed by atoms with van der Waals surface area (Å²) in [6, 6.07) is 17.9. The van der Waals surface area contributed by atoms with Gasteiger partial charge in [-0.1, -0.05) is 49.4 Å². The zero-order valence-corrected chi connectivity index (χ0v) is 22.3. The minimum absolute atomic E-state index is 0.0133. The van der Waals surface area contributed by atoms with Crippen molar-refractivity contribution in [3.05, 3.63) is 95.6 Å². The molecule has 3 atom stereocenters. The van der Waals surface area contributed by atoms with Gasteiger partial charge in [-0.3, -0.25) is 9.59 Å². The predicted octanol–water partition coefficient (Wildman–Crippen LogP) is 6.84. The van der Waals surface area contributed by atoms with Crippen molar-refractivity contribution in [1.29, 1.82) is 0 Å². The zero-order chi connectivity index (χ0) is 28.6. The Balaban J connectivity index is 1.55. The van der Waals surface area contributed by atoms with Gasteiger partial charge in [0.25, 0.3) is 5.91 Å². The largest absolute Gasteiger partial charge is 0.357 e. The number of carbonyl (C=O) groups excluding carboxylic acids is 2. The normalized spacial score (nSPS) is 17.6. The number of rotatable bonds is 7. The van der Waals surface area contributed by atoms with Crippen LogP contribution in [0.15, 0.2) is 72.9 Å². The Morgan fingerprint density at radius 2 is 1.73 bits per heavy atom. The Kier molecular flexibility index (Phi) is 7.47. The lowest BCUT2D eigenvalue weighted by Gasteiger charge is -2.35. The first-order valence-electron chi connectivity index (χ1n) is 13.0. The highest BCUT2D eigenvalue weighted by Gasteiger charge is 2.38. The molecular formula is C31H29F3N4O2. The SMILES string of the molecule is CC1c2[nH]c(-c3ccnc(NC(=O)C(CC(F)F)c4ccc(F)cc4)c3)c(-c3ccccc3)c2C(=O)N(C)C1C. The van der Waals surface area contributed by atoms with Gasteiger partial charge >= 0.3 is 0 Å². The number of halogens is 3. The second kappa shape index (κ2) is 11.0. The highest BCUT2D eigenvalue weighted by Crippen LogP contribution is 2.43. The molecule has 1 aliphatic rings. The first-order chi connectivity index (χ1) is 19.2. The van der Waals surface area contributed by atoms with Crippen molar-refractivity contribution in [2.24, 2.45) is 0 Å². The van der Waals surface area contributed by atoms with Crippen molar-refractivity contribution in [1.82, 2.24) is 14.9 Å². The summed E-state index contributed by atoms with van der Waals surface area (Å²) >= 11 is 0. The quantitative estimate of drug-likeness (QED) is 0.267. The van der Waals surface area contributed by atoms with E-state index in [1.807, 2.05) is 37.3 Å². The Hall–Kier alpha value is -4.40. The van der Waals surface area contributed by atoms with Crippen LogP contribution in [0.25, 0.3) is 22.4 Å². The number of benzene rings is 2. The number of nitrogens with zero attached hydrogens (tertiary/aromatic N) is 2. The molecule has 3 unspecified atom stereocenters. The molecular weight excluding hydrogens is 517 g/mol. The molecule has 0 bridgehead atoms. The number of alkyl halides is 2. The van der Waals surface area contributed by atoms with E-state index < -0.39 is 30.5 Å². The van der Waals surface area contributed by atoms with Gasteiger partial charge < -0.3 is 15.2 Å². The van der Waals surface area contributed by atoms with Crippen molar-refractivity contribution in [3.63, 3.8) is 0 Å². The number of anilines is 1. The summed E-state index contributed by atoms with van der Waals surface area (Å²) in [5.74, 6) is -2.27. The number of likely N-dealkylation sites (N-methyl/N-ethyl adjacent to an activating group) is 1. The molecule has 0 fully saturated rings. The highest BCUT2D eigenvalue weighted by atomic mass is 19.3. The lowest BCUT2D eigenvalue weighted by atomic mass is 9.87. The van der Waals surface area contributed by atoms with Crippen LogP contribution in [0.4, 0.5) is 19.0 Å². The summed E-state index contributed by atoms with van der Waals surface area (Å²) in [6.07, 6.45) is -1.94. The van der Waals surface area contributed by atoms with Gasteiger partial charge in [-0.2, -0.15) is 0 Å².